The molecule has 35 heavy (non-hydrogen) atoms. The molecule has 0 radical (unpaired) electrons. The van der Waals surface area contributed by atoms with Crippen LogP contribution >= 0.6 is 0 Å². The number of likely N-dealkylation sites (N-methyl/N-ethyl adjacent to an activating group) is 1. The molecule has 3 heterocycles. The number of aromatic amines is 1. The molecule has 0 spiro atoms. The molecule has 6 rings (SSSR count). The van der Waals surface area contributed by atoms with Crippen LogP contribution in [0.5, 0.6) is 11.5 Å². The standard InChI is InChI=1S/C28H27FN4O2/c1-32-10-12-33(13-11-32)28(23-16-30-31-17-23)22-6-8-25(29)24(14-22)20-4-2-19(3-5-20)21-7-9-26-27(15-21)35-18-34-26/h2-9,14-17,28H,10-13,18H2,1H3,(H,30,31). The summed E-state index contributed by atoms with van der Waals surface area (Å²) in [6.07, 6.45) is 3.80. The van der Waals surface area contributed by atoms with Crippen molar-refractivity contribution in [2.75, 3.05) is 40.0 Å². The number of halogens is 1. The third-order valence-corrected chi connectivity index (χ3v) is 6.95. The Morgan fingerprint density at radius 1 is 0.829 bits per heavy atom. The number of benzene rings is 3. The Bertz CT molecular complexity index is 1320. The van der Waals surface area contributed by atoms with E-state index in [2.05, 4.69) is 27.0 Å². The molecule has 1 saturated heterocycles. The Morgan fingerprint density at radius 3 is 2.34 bits per heavy atom. The van der Waals surface area contributed by atoms with Gasteiger partial charge < -0.3 is 14.4 Å². The predicted octanol–water partition coefficient (Wildman–Crippen LogP) is 4.95. The minimum absolute atomic E-state index is 0.0229. The summed E-state index contributed by atoms with van der Waals surface area (Å²) in [6, 6.07) is 19.4. The molecule has 0 aliphatic carbocycles. The molecule has 7 heteroatoms. The highest BCUT2D eigenvalue weighted by Gasteiger charge is 2.27. The molecular weight excluding hydrogens is 443 g/mol. The highest BCUT2D eigenvalue weighted by molar-refractivity contribution is 5.73. The molecule has 6 nitrogen and oxygen atoms in total. The van der Waals surface area contributed by atoms with Gasteiger partial charge in [0.05, 0.1) is 12.2 Å². The van der Waals surface area contributed by atoms with E-state index in [0.29, 0.717) is 5.56 Å². The summed E-state index contributed by atoms with van der Waals surface area (Å²) < 4.78 is 26.0. The maximum absolute atomic E-state index is 15.1. The van der Waals surface area contributed by atoms with Gasteiger partial charge in [0.25, 0.3) is 0 Å². The highest BCUT2D eigenvalue weighted by Crippen LogP contribution is 2.37. The van der Waals surface area contributed by atoms with Crippen LogP contribution < -0.4 is 9.47 Å². The smallest absolute Gasteiger partial charge is 0.231 e. The monoisotopic (exact) mass is 470 g/mol. The van der Waals surface area contributed by atoms with Gasteiger partial charge in [-0.15, -0.1) is 0 Å². The zero-order chi connectivity index (χ0) is 23.8. The second-order valence-corrected chi connectivity index (χ2v) is 9.16. The van der Waals surface area contributed by atoms with Crippen LogP contribution in [0.2, 0.25) is 0 Å². The maximum atomic E-state index is 15.1. The van der Waals surface area contributed by atoms with Crippen molar-refractivity contribution in [3.8, 4) is 33.8 Å². The van der Waals surface area contributed by atoms with Crippen molar-refractivity contribution in [2.24, 2.45) is 0 Å². The maximum Gasteiger partial charge on any atom is 0.231 e. The van der Waals surface area contributed by atoms with Gasteiger partial charge in [0, 0.05) is 43.5 Å². The second-order valence-electron chi connectivity index (χ2n) is 9.16. The molecular formula is C28H27FN4O2. The normalized spacial score (nSPS) is 17.0. The number of hydrogen-bond acceptors (Lipinski definition) is 5. The van der Waals surface area contributed by atoms with Crippen LogP contribution in [-0.4, -0.2) is 60.0 Å². The van der Waals surface area contributed by atoms with Gasteiger partial charge >= 0.3 is 0 Å². The lowest BCUT2D eigenvalue weighted by atomic mass is 9.94. The van der Waals surface area contributed by atoms with Crippen molar-refractivity contribution in [3.63, 3.8) is 0 Å². The lowest BCUT2D eigenvalue weighted by Gasteiger charge is -2.38. The first-order valence-electron chi connectivity index (χ1n) is 11.9. The third kappa shape index (κ3) is 4.29. The van der Waals surface area contributed by atoms with Crippen LogP contribution in [0.25, 0.3) is 22.3 Å². The van der Waals surface area contributed by atoms with Crippen molar-refractivity contribution in [3.05, 3.63) is 90.0 Å². The van der Waals surface area contributed by atoms with Gasteiger partial charge in [0.1, 0.15) is 5.82 Å². The average molecular weight is 471 g/mol. The van der Waals surface area contributed by atoms with Crippen molar-refractivity contribution in [1.82, 2.24) is 20.0 Å². The fourth-order valence-corrected chi connectivity index (χ4v) is 4.96. The van der Waals surface area contributed by atoms with E-state index in [4.69, 9.17) is 9.47 Å². The van der Waals surface area contributed by atoms with Gasteiger partial charge in [-0.2, -0.15) is 5.10 Å². The number of aromatic nitrogens is 2. The van der Waals surface area contributed by atoms with E-state index < -0.39 is 0 Å². The minimum atomic E-state index is -0.228. The summed E-state index contributed by atoms with van der Waals surface area (Å²) in [7, 11) is 2.15. The largest absolute Gasteiger partial charge is 0.454 e. The van der Waals surface area contributed by atoms with E-state index >= 15 is 4.39 Å². The summed E-state index contributed by atoms with van der Waals surface area (Å²) >= 11 is 0. The molecule has 1 N–H and O–H groups in total. The Hall–Kier alpha value is -3.68. The van der Waals surface area contributed by atoms with Crippen LogP contribution in [0, 0.1) is 5.82 Å². The van der Waals surface area contributed by atoms with Gasteiger partial charge in [-0.1, -0.05) is 36.4 Å². The quantitative estimate of drug-likeness (QED) is 0.447. The van der Waals surface area contributed by atoms with E-state index in [0.717, 1.165) is 65.5 Å². The van der Waals surface area contributed by atoms with Gasteiger partial charge in [-0.3, -0.25) is 10.00 Å². The number of H-pyrrole nitrogens is 1. The van der Waals surface area contributed by atoms with Gasteiger partial charge in [0.2, 0.25) is 6.79 Å². The van der Waals surface area contributed by atoms with Crippen LogP contribution in [-0.2, 0) is 0 Å². The fourth-order valence-electron chi connectivity index (χ4n) is 4.96. The summed E-state index contributed by atoms with van der Waals surface area (Å²) in [5.41, 5.74) is 5.67. The van der Waals surface area contributed by atoms with Crippen molar-refractivity contribution in [2.45, 2.75) is 6.04 Å². The third-order valence-electron chi connectivity index (χ3n) is 6.95. The Kier molecular flexibility index (Phi) is 5.72. The lowest BCUT2D eigenvalue weighted by Crippen LogP contribution is -2.46. The molecule has 1 fully saturated rings. The lowest BCUT2D eigenvalue weighted by molar-refractivity contribution is 0.127. The molecule has 0 amide bonds. The van der Waals surface area contributed by atoms with Crippen molar-refractivity contribution >= 4 is 0 Å². The molecule has 2 aliphatic heterocycles. The number of ether oxygens (including phenoxy) is 2. The first-order chi connectivity index (χ1) is 17.2. The molecule has 2 aliphatic rings. The van der Waals surface area contributed by atoms with Crippen LogP contribution in [0.1, 0.15) is 17.2 Å². The zero-order valence-corrected chi connectivity index (χ0v) is 19.6. The van der Waals surface area contributed by atoms with Crippen LogP contribution in [0.3, 0.4) is 0 Å². The van der Waals surface area contributed by atoms with Gasteiger partial charge in [-0.25, -0.2) is 4.39 Å². The van der Waals surface area contributed by atoms with Gasteiger partial charge in [0.15, 0.2) is 11.5 Å². The Balaban J connectivity index is 1.32. The summed E-state index contributed by atoms with van der Waals surface area (Å²) in [5, 5.41) is 7.13. The summed E-state index contributed by atoms with van der Waals surface area (Å²) in [4.78, 5) is 4.78. The summed E-state index contributed by atoms with van der Waals surface area (Å²) in [6.45, 7) is 4.15. The number of nitrogens with one attached hydrogen (secondary N) is 1. The Labute approximate surface area is 203 Å². The predicted molar refractivity (Wildman–Crippen MR) is 133 cm³/mol. The number of piperazine rings is 1. The van der Waals surface area contributed by atoms with E-state index in [1.54, 1.807) is 6.07 Å². The number of fused-ring (bicyclic) bond motifs is 1. The SMILES string of the molecule is CN1CCN(C(c2cn[nH]c2)c2ccc(F)c(-c3ccc(-c4ccc5c(c4)OCO5)cc3)c2)CC1. The number of nitrogens with zero attached hydrogens (tertiary/aromatic N) is 3. The molecule has 1 unspecified atom stereocenters. The zero-order valence-electron chi connectivity index (χ0n) is 19.6. The van der Waals surface area contributed by atoms with E-state index in [9.17, 15) is 0 Å². The highest BCUT2D eigenvalue weighted by atomic mass is 19.1. The molecule has 3 aromatic carbocycles. The van der Waals surface area contributed by atoms with E-state index in [-0.39, 0.29) is 18.7 Å². The van der Waals surface area contributed by atoms with Crippen molar-refractivity contribution < 1.29 is 13.9 Å². The molecule has 4 aromatic rings. The van der Waals surface area contributed by atoms with E-state index in [1.807, 2.05) is 67.0 Å². The first kappa shape index (κ1) is 21.8. The fraction of sp³-hybridized carbons (Fsp3) is 0.250. The van der Waals surface area contributed by atoms with Gasteiger partial charge in [-0.05, 0) is 53.6 Å². The van der Waals surface area contributed by atoms with Crippen LogP contribution in [0.4, 0.5) is 4.39 Å². The topological polar surface area (TPSA) is 53.6 Å². The second kappa shape index (κ2) is 9.17. The summed E-state index contributed by atoms with van der Waals surface area (Å²) in [5.74, 6) is 1.28. The van der Waals surface area contributed by atoms with Crippen molar-refractivity contribution in [1.29, 1.82) is 0 Å². The molecule has 1 aromatic heterocycles. The first-order valence-corrected chi connectivity index (χ1v) is 11.9. The number of hydrogen-bond donors (Lipinski definition) is 1. The van der Waals surface area contributed by atoms with Crippen LogP contribution in [0.15, 0.2) is 73.1 Å². The minimum Gasteiger partial charge on any atom is -0.454 e. The van der Waals surface area contributed by atoms with E-state index in [1.165, 1.54) is 0 Å². The molecule has 0 saturated carbocycles. The molecule has 178 valence electrons. The average Bonchev–Trinajstić information content (AvgIpc) is 3.58. The number of rotatable bonds is 5. The molecule has 1 atom stereocenters. The molecule has 0 bridgehead atoms. The Morgan fingerprint density at radius 2 is 1.57 bits per heavy atom.